The Morgan fingerprint density at radius 2 is 1.93 bits per heavy atom. The summed E-state index contributed by atoms with van der Waals surface area (Å²) in [5.41, 5.74) is 2.08. The van der Waals surface area contributed by atoms with E-state index in [-0.39, 0.29) is 18.1 Å². The Bertz CT molecular complexity index is 781. The fourth-order valence-electron chi connectivity index (χ4n) is 3.93. The molecule has 1 fully saturated rings. The van der Waals surface area contributed by atoms with Gasteiger partial charge in [0.25, 0.3) is 0 Å². The predicted octanol–water partition coefficient (Wildman–Crippen LogP) is 4.30. The molecule has 2 N–H and O–H groups in total. The van der Waals surface area contributed by atoms with Crippen LogP contribution in [0.4, 0.5) is 5.69 Å². The summed E-state index contributed by atoms with van der Waals surface area (Å²) in [5.74, 6) is 0.973. The number of hydrogen-bond acceptors (Lipinski definition) is 4. The minimum Gasteiger partial charge on any atom is -0.486 e. The lowest BCUT2D eigenvalue weighted by Crippen LogP contribution is -2.45. The van der Waals surface area contributed by atoms with E-state index in [0.717, 1.165) is 68.7 Å². The highest BCUT2D eigenvalue weighted by Crippen LogP contribution is 2.29. The smallest absolute Gasteiger partial charge is 0.244 e. The van der Waals surface area contributed by atoms with Crippen LogP contribution >= 0.6 is 0 Å². The van der Waals surface area contributed by atoms with Crippen LogP contribution < -0.4 is 20.3 Å². The Balaban J connectivity index is 1.77. The summed E-state index contributed by atoms with van der Waals surface area (Å²) in [7, 11) is 1.95. The summed E-state index contributed by atoms with van der Waals surface area (Å²) in [6.07, 6.45) is 4.87. The van der Waals surface area contributed by atoms with Crippen LogP contribution in [0.25, 0.3) is 0 Å². The third kappa shape index (κ3) is 6.07. The lowest BCUT2D eigenvalue weighted by atomic mass is 10.1. The van der Waals surface area contributed by atoms with E-state index in [2.05, 4.69) is 29.7 Å². The molecule has 0 saturated carbocycles. The minimum atomic E-state index is -0.0929. The first kappa shape index (κ1) is 22.3. The second-order valence-electron chi connectivity index (χ2n) is 7.90. The van der Waals surface area contributed by atoms with Crippen LogP contribution in [0.2, 0.25) is 0 Å². The van der Waals surface area contributed by atoms with Crippen molar-refractivity contribution in [2.24, 2.45) is 0 Å². The van der Waals surface area contributed by atoms with E-state index in [1.807, 2.05) is 54.4 Å². The standard InChI is InChI=1S/C25H35N3O2/c1-3-16-27-23-14-7-8-18-28(25(23)29)21-12-9-13-22(19-21)30-24(15-17-26-2)20-10-5-4-6-11-20/h4-6,9-13,19,23-24,26-27H,3,7-8,14-18H2,1-2H3/t23-,24-/m0/s1. The number of hydrogen-bond donors (Lipinski definition) is 2. The summed E-state index contributed by atoms with van der Waals surface area (Å²) in [4.78, 5) is 15.1. The van der Waals surface area contributed by atoms with Crippen molar-refractivity contribution in [1.82, 2.24) is 10.6 Å². The molecule has 2 atom stereocenters. The van der Waals surface area contributed by atoms with E-state index in [1.54, 1.807) is 0 Å². The van der Waals surface area contributed by atoms with E-state index < -0.39 is 0 Å². The number of amides is 1. The molecule has 5 heteroatoms. The van der Waals surface area contributed by atoms with E-state index in [0.29, 0.717) is 0 Å². The maximum Gasteiger partial charge on any atom is 0.244 e. The quantitative estimate of drug-likeness (QED) is 0.614. The molecule has 3 rings (SSSR count). The molecule has 0 aromatic heterocycles. The molecule has 1 saturated heterocycles. The molecular formula is C25H35N3O2. The lowest BCUT2D eigenvalue weighted by Gasteiger charge is -2.26. The first-order valence-corrected chi connectivity index (χ1v) is 11.2. The zero-order valence-corrected chi connectivity index (χ0v) is 18.3. The number of ether oxygens (including phenoxy) is 1. The van der Waals surface area contributed by atoms with Crippen molar-refractivity contribution in [3.8, 4) is 5.75 Å². The van der Waals surface area contributed by atoms with Crippen molar-refractivity contribution < 1.29 is 9.53 Å². The SMILES string of the molecule is CCCN[C@H]1CCCCN(c2cccc(O[C@@H](CCNC)c3ccccc3)c2)C1=O. The van der Waals surface area contributed by atoms with E-state index in [4.69, 9.17) is 4.74 Å². The van der Waals surface area contributed by atoms with Gasteiger partial charge in [-0.3, -0.25) is 4.79 Å². The summed E-state index contributed by atoms with van der Waals surface area (Å²) < 4.78 is 6.40. The number of rotatable bonds is 10. The third-order valence-corrected chi connectivity index (χ3v) is 5.56. The Hall–Kier alpha value is -2.37. The normalized spacial score (nSPS) is 18.1. The van der Waals surface area contributed by atoms with Crippen molar-refractivity contribution in [2.45, 2.75) is 51.2 Å². The lowest BCUT2D eigenvalue weighted by molar-refractivity contribution is -0.120. The van der Waals surface area contributed by atoms with E-state index >= 15 is 0 Å². The van der Waals surface area contributed by atoms with Crippen LogP contribution in [0.3, 0.4) is 0 Å². The molecule has 1 aliphatic rings. The van der Waals surface area contributed by atoms with Crippen LogP contribution in [0.1, 0.15) is 50.7 Å². The van der Waals surface area contributed by atoms with Gasteiger partial charge >= 0.3 is 0 Å². The number of carbonyl (C=O) groups is 1. The second-order valence-corrected chi connectivity index (χ2v) is 7.90. The maximum atomic E-state index is 13.2. The molecule has 0 spiro atoms. The molecule has 0 unspecified atom stereocenters. The summed E-state index contributed by atoms with van der Waals surface area (Å²) in [6.45, 7) is 4.63. The Morgan fingerprint density at radius 3 is 2.70 bits per heavy atom. The number of anilines is 1. The number of nitrogens with zero attached hydrogens (tertiary/aromatic N) is 1. The molecule has 1 amide bonds. The Morgan fingerprint density at radius 1 is 1.10 bits per heavy atom. The van der Waals surface area contributed by atoms with Gasteiger partial charge in [0.1, 0.15) is 11.9 Å². The molecule has 2 aromatic carbocycles. The first-order chi connectivity index (χ1) is 14.7. The molecule has 5 nitrogen and oxygen atoms in total. The molecule has 0 bridgehead atoms. The van der Waals surface area contributed by atoms with Crippen LogP contribution in [-0.4, -0.2) is 38.6 Å². The molecule has 1 aliphatic heterocycles. The van der Waals surface area contributed by atoms with Gasteiger partial charge in [-0.2, -0.15) is 0 Å². The number of benzene rings is 2. The van der Waals surface area contributed by atoms with Gasteiger partial charge < -0.3 is 20.3 Å². The molecular weight excluding hydrogens is 374 g/mol. The van der Waals surface area contributed by atoms with Crippen molar-refractivity contribution in [3.63, 3.8) is 0 Å². The summed E-state index contributed by atoms with van der Waals surface area (Å²) in [5, 5.41) is 6.63. The van der Waals surface area contributed by atoms with Crippen molar-refractivity contribution in [3.05, 3.63) is 60.2 Å². The van der Waals surface area contributed by atoms with Gasteiger partial charge in [-0.15, -0.1) is 0 Å². The van der Waals surface area contributed by atoms with E-state index in [1.165, 1.54) is 0 Å². The molecule has 2 aromatic rings. The molecule has 0 radical (unpaired) electrons. The highest BCUT2D eigenvalue weighted by molar-refractivity contribution is 5.97. The topological polar surface area (TPSA) is 53.6 Å². The third-order valence-electron chi connectivity index (χ3n) is 5.56. The second kappa shape index (κ2) is 11.7. The first-order valence-electron chi connectivity index (χ1n) is 11.2. The number of nitrogens with one attached hydrogen (secondary N) is 2. The van der Waals surface area contributed by atoms with Gasteiger partial charge in [-0.25, -0.2) is 0 Å². The Labute approximate surface area is 180 Å². The van der Waals surface area contributed by atoms with Crippen molar-refractivity contribution >= 4 is 11.6 Å². The van der Waals surface area contributed by atoms with Crippen molar-refractivity contribution in [2.75, 3.05) is 31.6 Å². The average molecular weight is 410 g/mol. The highest BCUT2D eigenvalue weighted by atomic mass is 16.5. The van der Waals surface area contributed by atoms with Gasteiger partial charge in [0.15, 0.2) is 0 Å². The Kier molecular flexibility index (Phi) is 8.72. The zero-order valence-electron chi connectivity index (χ0n) is 18.3. The highest BCUT2D eigenvalue weighted by Gasteiger charge is 2.27. The molecule has 30 heavy (non-hydrogen) atoms. The van der Waals surface area contributed by atoms with Crippen molar-refractivity contribution in [1.29, 1.82) is 0 Å². The molecule has 162 valence electrons. The summed E-state index contributed by atoms with van der Waals surface area (Å²) >= 11 is 0. The fraction of sp³-hybridized carbons (Fsp3) is 0.480. The molecule has 0 aliphatic carbocycles. The minimum absolute atomic E-state index is 0.0345. The number of carbonyl (C=O) groups excluding carboxylic acids is 1. The van der Waals surface area contributed by atoms with Gasteiger partial charge in [0.2, 0.25) is 5.91 Å². The average Bonchev–Trinajstić information content (AvgIpc) is 2.97. The van der Waals surface area contributed by atoms with Crippen LogP contribution in [0, 0.1) is 0 Å². The van der Waals surface area contributed by atoms with Crippen LogP contribution in [0.15, 0.2) is 54.6 Å². The van der Waals surface area contributed by atoms with Crippen LogP contribution in [-0.2, 0) is 4.79 Å². The van der Waals surface area contributed by atoms with Crippen LogP contribution in [0.5, 0.6) is 5.75 Å². The fourth-order valence-corrected chi connectivity index (χ4v) is 3.93. The van der Waals surface area contributed by atoms with Gasteiger partial charge in [-0.05, 0) is 63.5 Å². The van der Waals surface area contributed by atoms with E-state index in [9.17, 15) is 4.79 Å². The van der Waals surface area contributed by atoms with Gasteiger partial charge in [-0.1, -0.05) is 43.3 Å². The zero-order chi connectivity index (χ0) is 21.2. The van der Waals surface area contributed by atoms with Gasteiger partial charge in [0.05, 0.1) is 6.04 Å². The largest absolute Gasteiger partial charge is 0.486 e. The predicted molar refractivity (Wildman–Crippen MR) is 123 cm³/mol. The monoisotopic (exact) mass is 409 g/mol. The van der Waals surface area contributed by atoms with Gasteiger partial charge in [0, 0.05) is 24.7 Å². The summed E-state index contributed by atoms with van der Waals surface area (Å²) in [6, 6.07) is 18.2. The maximum absolute atomic E-state index is 13.2. The molecule has 1 heterocycles.